The van der Waals surface area contributed by atoms with E-state index in [-0.39, 0.29) is 42.4 Å². The molecule has 1 N–H and O–H groups in total. The predicted molar refractivity (Wildman–Crippen MR) is 123 cm³/mol. The number of fused-ring (bicyclic) bond motifs is 1. The summed E-state index contributed by atoms with van der Waals surface area (Å²) in [7, 11) is 0. The smallest absolute Gasteiger partial charge is 0.243 e. The Labute approximate surface area is 199 Å². The Balaban J connectivity index is 1.53. The molecule has 0 saturated carbocycles. The summed E-state index contributed by atoms with van der Waals surface area (Å²) < 4.78 is 30.6. The van der Waals surface area contributed by atoms with Gasteiger partial charge < -0.3 is 14.8 Å². The lowest BCUT2D eigenvalue weighted by Crippen LogP contribution is -2.46. The van der Waals surface area contributed by atoms with Crippen molar-refractivity contribution in [1.29, 1.82) is 0 Å². The van der Waals surface area contributed by atoms with Crippen LogP contribution in [0.15, 0.2) is 42.9 Å². The number of ketones is 1. The van der Waals surface area contributed by atoms with E-state index < -0.39 is 29.3 Å². The van der Waals surface area contributed by atoms with Crippen molar-refractivity contribution in [3.8, 4) is 0 Å². The van der Waals surface area contributed by atoms with Crippen LogP contribution >= 0.6 is 11.6 Å². The molecule has 0 bridgehead atoms. The average Bonchev–Trinajstić information content (AvgIpc) is 3.32. The zero-order chi connectivity index (χ0) is 24.6. The van der Waals surface area contributed by atoms with Gasteiger partial charge in [0, 0.05) is 41.9 Å². The number of nitrogens with one attached hydrogen (secondary N) is 1. The number of hydrogen-bond acceptors (Lipinski definition) is 4. The zero-order valence-electron chi connectivity index (χ0n) is 18.6. The van der Waals surface area contributed by atoms with Crippen molar-refractivity contribution in [1.82, 2.24) is 19.8 Å². The molecule has 1 fully saturated rings. The number of likely N-dealkylation sites (tertiary alicyclic amines) is 1. The number of alkyl halides is 1. The average molecular weight is 489 g/mol. The van der Waals surface area contributed by atoms with Gasteiger partial charge in [0.05, 0.1) is 23.3 Å². The van der Waals surface area contributed by atoms with Crippen LogP contribution in [0.3, 0.4) is 0 Å². The van der Waals surface area contributed by atoms with E-state index in [9.17, 15) is 23.2 Å². The van der Waals surface area contributed by atoms with Gasteiger partial charge in [0.25, 0.3) is 0 Å². The number of Topliss-reactive ketones (excluding diaryl/α,β-unsaturated/α-hetero) is 1. The molecular formula is C24H23ClF2N4O3. The van der Waals surface area contributed by atoms with Gasteiger partial charge in [-0.1, -0.05) is 23.7 Å². The lowest BCUT2D eigenvalue weighted by Gasteiger charge is -2.24. The molecular weight excluding hydrogens is 466 g/mol. The van der Waals surface area contributed by atoms with Crippen LogP contribution in [0.1, 0.15) is 36.2 Å². The van der Waals surface area contributed by atoms with Crippen molar-refractivity contribution in [3.63, 3.8) is 0 Å². The molecule has 0 spiro atoms. The molecule has 2 aromatic heterocycles. The molecule has 0 radical (unpaired) electrons. The van der Waals surface area contributed by atoms with Gasteiger partial charge in [-0.05, 0) is 26.0 Å². The topological polar surface area (TPSA) is 84.3 Å². The Kier molecular flexibility index (Phi) is 6.40. The third-order valence-electron chi connectivity index (χ3n) is 5.97. The summed E-state index contributed by atoms with van der Waals surface area (Å²) >= 11 is 5.78. The fourth-order valence-corrected chi connectivity index (χ4v) is 4.50. The highest BCUT2D eigenvalue weighted by atomic mass is 35.5. The molecule has 7 nitrogen and oxygen atoms in total. The van der Waals surface area contributed by atoms with Crippen LogP contribution in [0.4, 0.5) is 8.78 Å². The molecule has 1 saturated heterocycles. The molecule has 3 aromatic rings. The molecule has 34 heavy (non-hydrogen) atoms. The standard InChI is InChI=1S/C24H23ClF2N4O3/c1-14(32)17-11-30(20-10-28-7-6-16(17)20)12-21(33)31-13-24(2,27)8-19(31)23(34)29-9-15-4-3-5-18(25)22(15)26/h3-7,10-11,19H,8-9,12-13H2,1-2H3,(H,29,34)/t19-,24+/m0/s1. The van der Waals surface area contributed by atoms with Crippen LogP contribution in [0.25, 0.3) is 10.9 Å². The first-order valence-electron chi connectivity index (χ1n) is 10.7. The van der Waals surface area contributed by atoms with Crippen molar-refractivity contribution in [3.05, 3.63) is 64.8 Å². The van der Waals surface area contributed by atoms with Crippen molar-refractivity contribution < 1.29 is 23.2 Å². The fraction of sp³-hybridized carbons (Fsp3) is 0.333. The van der Waals surface area contributed by atoms with Crippen molar-refractivity contribution in [2.24, 2.45) is 0 Å². The van der Waals surface area contributed by atoms with E-state index in [4.69, 9.17) is 11.6 Å². The maximum absolute atomic E-state index is 14.9. The third-order valence-corrected chi connectivity index (χ3v) is 6.26. The number of carbonyl (C=O) groups excluding carboxylic acids is 3. The van der Waals surface area contributed by atoms with E-state index in [1.807, 2.05) is 0 Å². The van der Waals surface area contributed by atoms with Crippen LogP contribution in [-0.2, 0) is 22.7 Å². The Hall–Kier alpha value is -3.33. The summed E-state index contributed by atoms with van der Waals surface area (Å²) in [5, 5.41) is 3.17. The Morgan fingerprint density at radius 3 is 2.79 bits per heavy atom. The molecule has 1 aliphatic heterocycles. The van der Waals surface area contributed by atoms with Crippen molar-refractivity contribution >= 4 is 40.1 Å². The molecule has 178 valence electrons. The lowest BCUT2D eigenvalue weighted by molar-refractivity contribution is -0.139. The van der Waals surface area contributed by atoms with Crippen molar-refractivity contribution in [2.75, 3.05) is 6.54 Å². The van der Waals surface area contributed by atoms with Gasteiger partial charge in [-0.25, -0.2) is 8.78 Å². The first kappa shape index (κ1) is 23.8. The van der Waals surface area contributed by atoms with Crippen molar-refractivity contribution in [2.45, 2.75) is 45.1 Å². The molecule has 2 amide bonds. The summed E-state index contributed by atoms with van der Waals surface area (Å²) in [6.45, 7) is 2.16. The second-order valence-corrected chi connectivity index (χ2v) is 9.11. The quantitative estimate of drug-likeness (QED) is 0.536. The summed E-state index contributed by atoms with van der Waals surface area (Å²) in [5.41, 5.74) is -0.549. The minimum Gasteiger partial charge on any atom is -0.350 e. The molecule has 0 unspecified atom stereocenters. The number of halogens is 3. The van der Waals surface area contributed by atoms with E-state index in [1.165, 1.54) is 30.9 Å². The van der Waals surface area contributed by atoms with Gasteiger partial charge in [0.2, 0.25) is 11.8 Å². The number of carbonyl (C=O) groups is 3. The number of amides is 2. The summed E-state index contributed by atoms with van der Waals surface area (Å²) in [5.74, 6) is -1.87. The molecule has 2 atom stereocenters. The van der Waals surface area contributed by atoms with E-state index in [0.717, 1.165) is 0 Å². The zero-order valence-corrected chi connectivity index (χ0v) is 19.4. The number of hydrogen-bond donors (Lipinski definition) is 1. The number of nitrogens with zero attached hydrogens (tertiary/aromatic N) is 3. The molecule has 4 rings (SSSR count). The highest BCUT2D eigenvalue weighted by molar-refractivity contribution is 6.30. The van der Waals surface area contributed by atoms with Gasteiger partial charge >= 0.3 is 0 Å². The van der Waals surface area contributed by atoms with E-state index in [2.05, 4.69) is 10.3 Å². The van der Waals surface area contributed by atoms with Gasteiger partial charge in [-0.2, -0.15) is 0 Å². The predicted octanol–water partition coefficient (Wildman–Crippen LogP) is 3.68. The lowest BCUT2D eigenvalue weighted by atomic mass is 10.0. The summed E-state index contributed by atoms with van der Waals surface area (Å²) in [4.78, 5) is 43.3. The molecule has 1 aromatic carbocycles. The maximum atomic E-state index is 14.9. The van der Waals surface area contributed by atoms with Crippen LogP contribution < -0.4 is 5.32 Å². The number of aromatic nitrogens is 2. The Morgan fingerprint density at radius 1 is 1.29 bits per heavy atom. The Morgan fingerprint density at radius 2 is 2.06 bits per heavy atom. The minimum absolute atomic E-state index is 0.0703. The molecule has 0 aliphatic carbocycles. The largest absolute Gasteiger partial charge is 0.350 e. The molecule has 1 aliphatic rings. The molecule has 10 heteroatoms. The first-order valence-corrected chi connectivity index (χ1v) is 11.1. The SMILES string of the molecule is CC(=O)c1cn(CC(=O)N2C[C@](C)(F)C[C@H]2C(=O)NCc2cccc(Cl)c2F)c2cnccc12. The highest BCUT2D eigenvalue weighted by Crippen LogP contribution is 2.31. The Bertz CT molecular complexity index is 1290. The van der Waals surface area contributed by atoms with Gasteiger partial charge in [0.1, 0.15) is 24.1 Å². The number of benzene rings is 1. The minimum atomic E-state index is -1.76. The third kappa shape index (κ3) is 4.65. The second kappa shape index (κ2) is 9.13. The van der Waals surface area contributed by atoms with Crippen LogP contribution in [0.5, 0.6) is 0 Å². The normalized spacial score (nSPS) is 20.0. The van der Waals surface area contributed by atoms with Crippen LogP contribution in [-0.4, -0.2) is 50.3 Å². The summed E-state index contributed by atoms with van der Waals surface area (Å²) in [6.07, 6.45) is 4.48. The first-order chi connectivity index (χ1) is 16.1. The van der Waals surface area contributed by atoms with Crippen LogP contribution in [0.2, 0.25) is 5.02 Å². The van der Waals surface area contributed by atoms with Gasteiger partial charge in [0.15, 0.2) is 5.78 Å². The van der Waals surface area contributed by atoms with E-state index >= 15 is 0 Å². The molecule has 3 heterocycles. The van der Waals surface area contributed by atoms with Gasteiger partial charge in [-0.3, -0.25) is 19.4 Å². The van der Waals surface area contributed by atoms with Gasteiger partial charge in [-0.15, -0.1) is 0 Å². The monoisotopic (exact) mass is 488 g/mol. The summed E-state index contributed by atoms with van der Waals surface area (Å²) in [6, 6.07) is 5.06. The van der Waals surface area contributed by atoms with E-state index in [1.54, 1.807) is 35.3 Å². The number of pyridine rings is 1. The second-order valence-electron chi connectivity index (χ2n) is 8.71. The van der Waals surface area contributed by atoms with Crippen LogP contribution in [0, 0.1) is 5.82 Å². The highest BCUT2D eigenvalue weighted by Gasteiger charge is 2.46. The maximum Gasteiger partial charge on any atom is 0.243 e. The van der Waals surface area contributed by atoms with E-state index in [0.29, 0.717) is 16.5 Å². The fourth-order valence-electron chi connectivity index (χ4n) is 4.31. The number of rotatable bonds is 6.